The van der Waals surface area contributed by atoms with Gasteiger partial charge in [0.2, 0.25) is 0 Å². The van der Waals surface area contributed by atoms with E-state index in [0.29, 0.717) is 0 Å². The molecule has 0 amide bonds. The minimum atomic E-state index is 0.771. The van der Waals surface area contributed by atoms with Gasteiger partial charge in [0.1, 0.15) is 0 Å². The quantitative estimate of drug-likeness (QED) is 0.700. The van der Waals surface area contributed by atoms with Crippen molar-refractivity contribution in [3.05, 3.63) is 0 Å². The molecule has 0 aromatic carbocycles. The summed E-state index contributed by atoms with van der Waals surface area (Å²) < 4.78 is 0. The average Bonchev–Trinajstić information content (AvgIpc) is 2.24. The summed E-state index contributed by atoms with van der Waals surface area (Å²) in [4.78, 5) is 0. The van der Waals surface area contributed by atoms with Gasteiger partial charge in [-0.3, -0.25) is 0 Å². The monoisotopic (exact) mass is 211 g/mol. The average molecular weight is 211 g/mol. The fourth-order valence-electron chi connectivity index (χ4n) is 2.88. The summed E-state index contributed by atoms with van der Waals surface area (Å²) in [5.74, 6) is 1.93. The molecule has 0 saturated heterocycles. The first-order valence-corrected chi connectivity index (χ1v) is 6.99. The van der Waals surface area contributed by atoms with E-state index in [9.17, 15) is 0 Å². The SMILES string of the molecule is CCCC(CC)NCC1CCCC(C)C1. The molecule has 1 fully saturated rings. The molecule has 0 aromatic heterocycles. The van der Waals surface area contributed by atoms with Gasteiger partial charge in [-0.2, -0.15) is 0 Å². The highest BCUT2D eigenvalue weighted by molar-refractivity contribution is 4.74. The predicted molar refractivity (Wildman–Crippen MR) is 68.1 cm³/mol. The van der Waals surface area contributed by atoms with Crippen LogP contribution >= 0.6 is 0 Å². The lowest BCUT2D eigenvalue weighted by atomic mass is 9.82. The van der Waals surface area contributed by atoms with Crippen molar-refractivity contribution >= 4 is 0 Å². The summed E-state index contributed by atoms with van der Waals surface area (Å²) in [5.41, 5.74) is 0. The van der Waals surface area contributed by atoms with Crippen LogP contribution in [0.4, 0.5) is 0 Å². The molecule has 3 atom stereocenters. The zero-order valence-corrected chi connectivity index (χ0v) is 10.9. The van der Waals surface area contributed by atoms with Gasteiger partial charge < -0.3 is 5.32 Å². The Morgan fingerprint density at radius 1 is 1.27 bits per heavy atom. The fraction of sp³-hybridized carbons (Fsp3) is 1.00. The van der Waals surface area contributed by atoms with E-state index in [1.165, 1.54) is 51.5 Å². The van der Waals surface area contributed by atoms with Crippen LogP contribution in [0.15, 0.2) is 0 Å². The number of hydrogen-bond acceptors (Lipinski definition) is 1. The Bertz CT molecular complexity index is 155. The first-order chi connectivity index (χ1) is 7.26. The maximum absolute atomic E-state index is 3.76. The van der Waals surface area contributed by atoms with Crippen LogP contribution in [0.5, 0.6) is 0 Å². The molecule has 1 N–H and O–H groups in total. The molecule has 1 aliphatic carbocycles. The summed E-state index contributed by atoms with van der Waals surface area (Å²) in [6.45, 7) is 8.27. The fourth-order valence-corrected chi connectivity index (χ4v) is 2.88. The second-order valence-corrected chi connectivity index (χ2v) is 5.44. The standard InChI is InChI=1S/C14H29N/c1-4-7-14(5-2)15-11-13-9-6-8-12(3)10-13/h12-15H,4-11H2,1-3H3. The van der Waals surface area contributed by atoms with Gasteiger partial charge in [0.05, 0.1) is 0 Å². The molecule has 0 aromatic rings. The van der Waals surface area contributed by atoms with Crippen LogP contribution in [-0.4, -0.2) is 12.6 Å². The number of hydrogen-bond donors (Lipinski definition) is 1. The molecule has 1 heteroatoms. The van der Waals surface area contributed by atoms with Crippen LogP contribution < -0.4 is 5.32 Å². The smallest absolute Gasteiger partial charge is 0.00644 e. The Morgan fingerprint density at radius 3 is 2.67 bits per heavy atom. The van der Waals surface area contributed by atoms with Crippen molar-refractivity contribution in [2.45, 2.75) is 71.8 Å². The summed E-state index contributed by atoms with van der Waals surface area (Å²) in [6.07, 6.45) is 9.78. The zero-order chi connectivity index (χ0) is 11.1. The minimum absolute atomic E-state index is 0.771. The molecular weight excluding hydrogens is 182 g/mol. The summed E-state index contributed by atoms with van der Waals surface area (Å²) in [6, 6.07) is 0.771. The second kappa shape index (κ2) is 7.27. The third-order valence-corrected chi connectivity index (χ3v) is 3.87. The Hall–Kier alpha value is -0.0400. The molecule has 0 heterocycles. The Morgan fingerprint density at radius 2 is 2.07 bits per heavy atom. The molecule has 0 radical (unpaired) electrons. The van der Waals surface area contributed by atoms with Gasteiger partial charge in [0.15, 0.2) is 0 Å². The molecule has 1 rings (SSSR count). The van der Waals surface area contributed by atoms with E-state index < -0.39 is 0 Å². The van der Waals surface area contributed by atoms with Crippen molar-refractivity contribution in [3.63, 3.8) is 0 Å². The first-order valence-electron chi connectivity index (χ1n) is 6.99. The molecule has 3 unspecified atom stereocenters. The maximum Gasteiger partial charge on any atom is 0.00644 e. The Labute approximate surface area is 96.0 Å². The molecule has 1 nitrogen and oxygen atoms in total. The van der Waals surface area contributed by atoms with Gasteiger partial charge in [-0.25, -0.2) is 0 Å². The number of nitrogens with one attached hydrogen (secondary N) is 1. The zero-order valence-electron chi connectivity index (χ0n) is 10.9. The summed E-state index contributed by atoms with van der Waals surface area (Å²) in [7, 11) is 0. The van der Waals surface area contributed by atoms with E-state index in [-0.39, 0.29) is 0 Å². The van der Waals surface area contributed by atoms with Gasteiger partial charge in [-0.15, -0.1) is 0 Å². The third kappa shape index (κ3) is 5.01. The molecule has 90 valence electrons. The van der Waals surface area contributed by atoms with Crippen LogP contribution in [0, 0.1) is 11.8 Å². The Balaban J connectivity index is 2.16. The van der Waals surface area contributed by atoms with E-state index in [4.69, 9.17) is 0 Å². The summed E-state index contributed by atoms with van der Waals surface area (Å²) >= 11 is 0. The van der Waals surface area contributed by atoms with Crippen LogP contribution in [0.25, 0.3) is 0 Å². The lowest BCUT2D eigenvalue weighted by Gasteiger charge is -2.28. The van der Waals surface area contributed by atoms with Crippen LogP contribution in [0.1, 0.15) is 65.7 Å². The first kappa shape index (κ1) is 13.0. The van der Waals surface area contributed by atoms with Crippen molar-refractivity contribution < 1.29 is 0 Å². The molecule has 0 spiro atoms. The van der Waals surface area contributed by atoms with E-state index in [0.717, 1.165) is 17.9 Å². The lowest BCUT2D eigenvalue weighted by Crippen LogP contribution is -2.34. The molecule has 1 saturated carbocycles. The Kier molecular flexibility index (Phi) is 6.31. The van der Waals surface area contributed by atoms with Crippen molar-refractivity contribution in [2.24, 2.45) is 11.8 Å². The van der Waals surface area contributed by atoms with Gasteiger partial charge in [0, 0.05) is 6.04 Å². The maximum atomic E-state index is 3.76. The van der Waals surface area contributed by atoms with Gasteiger partial charge >= 0.3 is 0 Å². The largest absolute Gasteiger partial charge is 0.314 e. The van der Waals surface area contributed by atoms with Crippen LogP contribution in [-0.2, 0) is 0 Å². The van der Waals surface area contributed by atoms with Crippen molar-refractivity contribution in [1.82, 2.24) is 5.32 Å². The second-order valence-electron chi connectivity index (χ2n) is 5.44. The predicted octanol–water partition coefficient (Wildman–Crippen LogP) is 3.98. The van der Waals surface area contributed by atoms with Gasteiger partial charge in [-0.05, 0) is 44.1 Å². The molecular formula is C14H29N. The molecule has 0 aliphatic heterocycles. The van der Waals surface area contributed by atoms with E-state index >= 15 is 0 Å². The summed E-state index contributed by atoms with van der Waals surface area (Å²) in [5, 5.41) is 3.76. The van der Waals surface area contributed by atoms with Crippen molar-refractivity contribution in [1.29, 1.82) is 0 Å². The topological polar surface area (TPSA) is 12.0 Å². The van der Waals surface area contributed by atoms with Gasteiger partial charge in [0.25, 0.3) is 0 Å². The normalized spacial score (nSPS) is 29.0. The van der Waals surface area contributed by atoms with E-state index in [1.807, 2.05) is 0 Å². The molecule has 1 aliphatic rings. The minimum Gasteiger partial charge on any atom is -0.314 e. The van der Waals surface area contributed by atoms with Crippen molar-refractivity contribution in [2.75, 3.05) is 6.54 Å². The number of rotatable bonds is 6. The molecule has 0 bridgehead atoms. The van der Waals surface area contributed by atoms with E-state index in [2.05, 4.69) is 26.1 Å². The third-order valence-electron chi connectivity index (χ3n) is 3.87. The lowest BCUT2D eigenvalue weighted by molar-refractivity contribution is 0.263. The van der Waals surface area contributed by atoms with E-state index in [1.54, 1.807) is 0 Å². The van der Waals surface area contributed by atoms with Gasteiger partial charge in [-0.1, -0.05) is 40.0 Å². The van der Waals surface area contributed by atoms with Crippen LogP contribution in [0.3, 0.4) is 0 Å². The molecule has 15 heavy (non-hydrogen) atoms. The highest BCUT2D eigenvalue weighted by atomic mass is 14.9. The highest BCUT2D eigenvalue weighted by Crippen LogP contribution is 2.28. The van der Waals surface area contributed by atoms with Crippen LogP contribution in [0.2, 0.25) is 0 Å². The highest BCUT2D eigenvalue weighted by Gasteiger charge is 2.19. The van der Waals surface area contributed by atoms with Crippen molar-refractivity contribution in [3.8, 4) is 0 Å².